The summed E-state index contributed by atoms with van der Waals surface area (Å²) < 4.78 is 7.10. The predicted octanol–water partition coefficient (Wildman–Crippen LogP) is 2.60. The van der Waals surface area contributed by atoms with Crippen LogP contribution in [-0.4, -0.2) is 29.6 Å². The van der Waals surface area contributed by atoms with Crippen molar-refractivity contribution < 1.29 is 0 Å². The molecule has 4 rings (SSSR count). The zero-order valence-corrected chi connectivity index (χ0v) is 12.7. The maximum atomic E-state index is 4.56. The molecule has 6 nitrogen and oxygen atoms in total. The van der Waals surface area contributed by atoms with Gasteiger partial charge in [0, 0.05) is 5.92 Å². The maximum absolute atomic E-state index is 4.56. The molecule has 1 saturated carbocycles. The lowest BCUT2D eigenvalue weighted by atomic mass is 10.2. The molecule has 8 heteroatoms. The largest absolute Gasteiger partial charge is 0.216 e. The van der Waals surface area contributed by atoms with Gasteiger partial charge in [-0.2, -0.15) is 4.37 Å². The van der Waals surface area contributed by atoms with Crippen molar-refractivity contribution in [2.75, 3.05) is 0 Å². The zero-order valence-electron chi connectivity index (χ0n) is 11.1. The van der Waals surface area contributed by atoms with Crippen LogP contribution in [0.15, 0.2) is 39.8 Å². The fourth-order valence-corrected chi connectivity index (χ4v) is 3.53. The topological polar surface area (TPSA) is 69.4 Å². The van der Waals surface area contributed by atoms with Crippen molar-refractivity contribution in [2.24, 2.45) is 0 Å². The number of tetrazole rings is 1. The highest BCUT2D eigenvalue weighted by Crippen LogP contribution is 2.40. The van der Waals surface area contributed by atoms with Crippen LogP contribution in [0.25, 0.3) is 0 Å². The molecule has 3 aromatic rings. The molecule has 1 aliphatic rings. The SMILES string of the molecule is c1ccc(Cn2nnnc2Sc2nc(C3CC3)ns2)cc1. The summed E-state index contributed by atoms with van der Waals surface area (Å²) in [6.07, 6.45) is 2.43. The van der Waals surface area contributed by atoms with E-state index in [1.165, 1.54) is 41.7 Å². The van der Waals surface area contributed by atoms with Gasteiger partial charge in [-0.05, 0) is 52.1 Å². The fraction of sp³-hybridized carbons (Fsp3) is 0.308. The number of rotatable bonds is 5. The van der Waals surface area contributed by atoms with Crippen LogP contribution in [-0.2, 0) is 6.54 Å². The molecule has 2 aromatic heterocycles. The molecule has 1 aliphatic carbocycles. The van der Waals surface area contributed by atoms with Crippen LogP contribution < -0.4 is 0 Å². The lowest BCUT2D eigenvalue weighted by Gasteiger charge is -2.02. The van der Waals surface area contributed by atoms with Gasteiger partial charge in [-0.1, -0.05) is 30.3 Å². The molecule has 0 saturated heterocycles. The van der Waals surface area contributed by atoms with E-state index in [4.69, 9.17) is 0 Å². The number of hydrogen-bond donors (Lipinski definition) is 0. The second kappa shape index (κ2) is 5.53. The minimum Gasteiger partial charge on any atom is -0.216 e. The van der Waals surface area contributed by atoms with Gasteiger partial charge in [0.25, 0.3) is 0 Å². The normalized spacial score (nSPS) is 14.5. The van der Waals surface area contributed by atoms with E-state index >= 15 is 0 Å². The molecule has 106 valence electrons. The van der Waals surface area contributed by atoms with Gasteiger partial charge in [-0.3, -0.25) is 0 Å². The van der Waals surface area contributed by atoms with Gasteiger partial charge in [0.15, 0.2) is 4.34 Å². The highest BCUT2D eigenvalue weighted by Gasteiger charge is 2.28. The molecule has 0 radical (unpaired) electrons. The van der Waals surface area contributed by atoms with Crippen LogP contribution >= 0.6 is 23.3 Å². The summed E-state index contributed by atoms with van der Waals surface area (Å²) in [7, 11) is 0. The van der Waals surface area contributed by atoms with E-state index in [0.717, 1.165) is 15.3 Å². The van der Waals surface area contributed by atoms with Gasteiger partial charge < -0.3 is 0 Å². The lowest BCUT2D eigenvalue weighted by molar-refractivity contribution is 0.603. The van der Waals surface area contributed by atoms with Crippen molar-refractivity contribution in [2.45, 2.75) is 34.8 Å². The van der Waals surface area contributed by atoms with E-state index < -0.39 is 0 Å². The first-order chi connectivity index (χ1) is 10.4. The van der Waals surface area contributed by atoms with E-state index in [2.05, 4.69) is 37.0 Å². The molecule has 0 atom stereocenters. The second-order valence-electron chi connectivity index (χ2n) is 4.90. The first-order valence-electron chi connectivity index (χ1n) is 6.70. The molecule has 0 aliphatic heterocycles. The molecule has 1 fully saturated rings. The summed E-state index contributed by atoms with van der Waals surface area (Å²) in [5, 5.41) is 12.6. The second-order valence-corrected chi connectivity index (χ2v) is 6.87. The quantitative estimate of drug-likeness (QED) is 0.720. The summed E-state index contributed by atoms with van der Waals surface area (Å²) in [6.45, 7) is 0.657. The Hall–Kier alpha value is -1.80. The van der Waals surface area contributed by atoms with Crippen molar-refractivity contribution in [3.05, 3.63) is 41.7 Å². The predicted molar refractivity (Wildman–Crippen MR) is 79.4 cm³/mol. The molecule has 21 heavy (non-hydrogen) atoms. The molecule has 0 N–H and O–H groups in total. The van der Waals surface area contributed by atoms with Crippen LogP contribution in [0.4, 0.5) is 0 Å². The van der Waals surface area contributed by atoms with Crippen molar-refractivity contribution in [1.29, 1.82) is 0 Å². The van der Waals surface area contributed by atoms with Gasteiger partial charge in [0.05, 0.1) is 6.54 Å². The van der Waals surface area contributed by atoms with Gasteiger partial charge in [-0.25, -0.2) is 9.67 Å². The number of aromatic nitrogens is 6. The molecule has 0 bridgehead atoms. The van der Waals surface area contributed by atoms with Gasteiger partial charge in [-0.15, -0.1) is 5.10 Å². The minimum atomic E-state index is 0.580. The van der Waals surface area contributed by atoms with Crippen LogP contribution in [0, 0.1) is 0 Å². The van der Waals surface area contributed by atoms with Crippen molar-refractivity contribution in [3.63, 3.8) is 0 Å². The number of nitrogens with zero attached hydrogens (tertiary/aromatic N) is 6. The van der Waals surface area contributed by atoms with Crippen LogP contribution in [0.1, 0.15) is 30.1 Å². The Morgan fingerprint density at radius 3 is 2.90 bits per heavy atom. The lowest BCUT2D eigenvalue weighted by Crippen LogP contribution is -2.03. The average molecular weight is 316 g/mol. The van der Waals surface area contributed by atoms with E-state index in [1.54, 1.807) is 4.68 Å². The standard InChI is InChI=1S/C13H12N6S2/c1-2-4-9(5-3-1)8-19-12(15-17-18-19)20-13-14-11(16-21-13)10-6-7-10/h1-5,10H,6-8H2. The third kappa shape index (κ3) is 2.96. The van der Waals surface area contributed by atoms with E-state index in [9.17, 15) is 0 Å². The molecular weight excluding hydrogens is 304 g/mol. The summed E-state index contributed by atoms with van der Waals surface area (Å²) in [4.78, 5) is 4.56. The van der Waals surface area contributed by atoms with Crippen LogP contribution in [0.5, 0.6) is 0 Å². The Morgan fingerprint density at radius 2 is 2.10 bits per heavy atom. The van der Waals surface area contributed by atoms with Gasteiger partial charge in [0.2, 0.25) is 5.16 Å². The Labute approximate surface area is 129 Å². The Kier molecular flexibility index (Phi) is 3.40. The van der Waals surface area contributed by atoms with Crippen LogP contribution in [0.3, 0.4) is 0 Å². The van der Waals surface area contributed by atoms with E-state index in [1.807, 2.05) is 18.2 Å². The first-order valence-corrected chi connectivity index (χ1v) is 8.29. The number of hydrogen-bond acceptors (Lipinski definition) is 7. The smallest absolute Gasteiger partial charge is 0.216 e. The van der Waals surface area contributed by atoms with Crippen molar-refractivity contribution in [3.8, 4) is 0 Å². The third-order valence-corrected chi connectivity index (χ3v) is 4.96. The van der Waals surface area contributed by atoms with Gasteiger partial charge in [0.1, 0.15) is 5.82 Å². The van der Waals surface area contributed by atoms with Crippen LogP contribution in [0.2, 0.25) is 0 Å². The summed E-state index contributed by atoms with van der Waals surface area (Å²) >= 11 is 2.90. The summed E-state index contributed by atoms with van der Waals surface area (Å²) in [5.41, 5.74) is 1.17. The first kappa shape index (κ1) is 12.9. The number of benzene rings is 1. The van der Waals surface area contributed by atoms with E-state index in [0.29, 0.717) is 12.5 Å². The third-order valence-electron chi connectivity index (χ3n) is 3.22. The minimum absolute atomic E-state index is 0.580. The fourth-order valence-electron chi connectivity index (χ4n) is 1.97. The molecule has 0 spiro atoms. The monoisotopic (exact) mass is 316 g/mol. The maximum Gasteiger partial charge on any atom is 0.216 e. The summed E-state index contributed by atoms with van der Waals surface area (Å²) in [5.74, 6) is 1.56. The Morgan fingerprint density at radius 1 is 1.24 bits per heavy atom. The molecule has 0 unspecified atom stereocenters. The zero-order chi connectivity index (χ0) is 14.1. The average Bonchev–Trinajstić information content (AvgIpc) is 3.12. The highest BCUT2D eigenvalue weighted by atomic mass is 32.2. The van der Waals surface area contributed by atoms with Crippen molar-refractivity contribution >= 4 is 23.3 Å². The summed E-state index contributed by atoms with van der Waals surface area (Å²) in [6, 6.07) is 10.1. The Bertz CT molecular complexity index is 734. The van der Waals surface area contributed by atoms with Crippen molar-refractivity contribution in [1.82, 2.24) is 29.6 Å². The van der Waals surface area contributed by atoms with E-state index in [-0.39, 0.29) is 0 Å². The highest BCUT2D eigenvalue weighted by molar-refractivity contribution is 8.00. The molecular formula is C13H12N6S2. The molecule has 1 aromatic carbocycles. The van der Waals surface area contributed by atoms with Gasteiger partial charge >= 0.3 is 0 Å². The molecule has 0 amide bonds. The Balaban J connectivity index is 1.51. The molecule has 2 heterocycles.